The fourth-order valence-corrected chi connectivity index (χ4v) is 2.90. The molecule has 6 heteroatoms. The maximum atomic E-state index is 12.3. The van der Waals surface area contributed by atoms with Crippen molar-refractivity contribution in [3.63, 3.8) is 0 Å². The van der Waals surface area contributed by atoms with Crippen LogP contribution < -0.4 is 10.2 Å². The SMILES string of the molecule is Cc1cccc(CNC(=O)C2CC(=O)N(c3ccc(Cl)cc3)C2)n1. The molecule has 1 fully saturated rings. The lowest BCUT2D eigenvalue weighted by atomic mass is 10.1. The van der Waals surface area contributed by atoms with Gasteiger partial charge in [-0.05, 0) is 43.3 Å². The second-order valence-electron chi connectivity index (χ2n) is 5.87. The van der Waals surface area contributed by atoms with E-state index < -0.39 is 0 Å². The van der Waals surface area contributed by atoms with Crippen molar-refractivity contribution < 1.29 is 9.59 Å². The second-order valence-corrected chi connectivity index (χ2v) is 6.31. The Morgan fingerprint density at radius 1 is 1.29 bits per heavy atom. The van der Waals surface area contributed by atoms with Crippen molar-refractivity contribution in [1.82, 2.24) is 10.3 Å². The second kappa shape index (κ2) is 7.01. The summed E-state index contributed by atoms with van der Waals surface area (Å²) >= 11 is 5.87. The minimum atomic E-state index is -0.349. The van der Waals surface area contributed by atoms with E-state index in [-0.39, 0.29) is 24.2 Å². The van der Waals surface area contributed by atoms with Crippen LogP contribution in [0.3, 0.4) is 0 Å². The lowest BCUT2D eigenvalue weighted by Crippen LogP contribution is -2.32. The summed E-state index contributed by atoms with van der Waals surface area (Å²) in [7, 11) is 0. The van der Waals surface area contributed by atoms with Crippen LogP contribution in [0, 0.1) is 12.8 Å². The van der Waals surface area contributed by atoms with Crippen molar-refractivity contribution in [3.05, 3.63) is 58.9 Å². The van der Waals surface area contributed by atoms with Crippen molar-refractivity contribution in [2.24, 2.45) is 5.92 Å². The van der Waals surface area contributed by atoms with Gasteiger partial charge in [0.1, 0.15) is 0 Å². The van der Waals surface area contributed by atoms with Crippen LogP contribution in [0.1, 0.15) is 17.8 Å². The Bertz CT molecular complexity index is 761. The van der Waals surface area contributed by atoms with Gasteiger partial charge in [-0.3, -0.25) is 14.6 Å². The van der Waals surface area contributed by atoms with E-state index in [0.29, 0.717) is 18.1 Å². The molecule has 24 heavy (non-hydrogen) atoms. The zero-order valence-corrected chi connectivity index (χ0v) is 14.1. The number of rotatable bonds is 4. The maximum Gasteiger partial charge on any atom is 0.227 e. The molecule has 1 aliphatic rings. The van der Waals surface area contributed by atoms with Crippen molar-refractivity contribution in [2.45, 2.75) is 19.9 Å². The van der Waals surface area contributed by atoms with E-state index in [1.54, 1.807) is 29.2 Å². The summed E-state index contributed by atoms with van der Waals surface area (Å²) in [6, 6.07) is 12.7. The molecule has 3 rings (SSSR count). The van der Waals surface area contributed by atoms with Crippen LogP contribution in [0.5, 0.6) is 0 Å². The molecular weight excluding hydrogens is 326 g/mol. The van der Waals surface area contributed by atoms with E-state index in [9.17, 15) is 9.59 Å². The molecule has 5 nitrogen and oxygen atoms in total. The smallest absolute Gasteiger partial charge is 0.227 e. The van der Waals surface area contributed by atoms with Crippen LogP contribution in [0.25, 0.3) is 0 Å². The molecule has 0 spiro atoms. The maximum absolute atomic E-state index is 12.3. The first-order chi connectivity index (χ1) is 11.5. The lowest BCUT2D eigenvalue weighted by Gasteiger charge is -2.16. The predicted molar refractivity (Wildman–Crippen MR) is 92.7 cm³/mol. The highest BCUT2D eigenvalue weighted by molar-refractivity contribution is 6.30. The minimum Gasteiger partial charge on any atom is -0.350 e. The normalized spacial score (nSPS) is 17.2. The fraction of sp³-hybridized carbons (Fsp3) is 0.278. The molecule has 0 aliphatic carbocycles. The average Bonchev–Trinajstić information content (AvgIpc) is 2.95. The third kappa shape index (κ3) is 3.74. The number of aryl methyl sites for hydroxylation is 1. The van der Waals surface area contributed by atoms with Gasteiger partial charge in [0.15, 0.2) is 0 Å². The molecule has 0 radical (unpaired) electrons. The van der Waals surface area contributed by atoms with Crippen LogP contribution in [-0.2, 0) is 16.1 Å². The highest BCUT2D eigenvalue weighted by atomic mass is 35.5. The topological polar surface area (TPSA) is 62.3 Å². The molecule has 1 unspecified atom stereocenters. The van der Waals surface area contributed by atoms with E-state index in [2.05, 4.69) is 10.3 Å². The number of nitrogens with zero attached hydrogens (tertiary/aromatic N) is 2. The van der Waals surface area contributed by atoms with E-state index in [4.69, 9.17) is 11.6 Å². The summed E-state index contributed by atoms with van der Waals surface area (Å²) in [6.45, 7) is 2.66. The van der Waals surface area contributed by atoms with Crippen molar-refractivity contribution in [2.75, 3.05) is 11.4 Å². The molecule has 1 saturated heterocycles. The van der Waals surface area contributed by atoms with Gasteiger partial charge < -0.3 is 10.2 Å². The Hall–Kier alpha value is -2.40. The zero-order valence-electron chi connectivity index (χ0n) is 13.3. The Balaban J connectivity index is 1.60. The van der Waals surface area contributed by atoms with E-state index in [0.717, 1.165) is 17.1 Å². The molecule has 1 aromatic heterocycles. The Morgan fingerprint density at radius 3 is 2.75 bits per heavy atom. The first kappa shape index (κ1) is 16.5. The third-order valence-electron chi connectivity index (χ3n) is 4.02. The van der Waals surface area contributed by atoms with E-state index in [1.165, 1.54) is 0 Å². The summed E-state index contributed by atoms with van der Waals surface area (Å²) < 4.78 is 0. The van der Waals surface area contributed by atoms with Gasteiger partial charge in [0.2, 0.25) is 11.8 Å². The van der Waals surface area contributed by atoms with Gasteiger partial charge in [0.25, 0.3) is 0 Å². The number of pyridine rings is 1. The summed E-state index contributed by atoms with van der Waals surface area (Å²) in [5, 5.41) is 3.48. The van der Waals surface area contributed by atoms with Gasteiger partial charge in [-0.25, -0.2) is 0 Å². The quantitative estimate of drug-likeness (QED) is 0.928. The summed E-state index contributed by atoms with van der Waals surface area (Å²) in [5.74, 6) is -0.521. The highest BCUT2D eigenvalue weighted by Gasteiger charge is 2.34. The number of nitrogens with one attached hydrogen (secondary N) is 1. The summed E-state index contributed by atoms with van der Waals surface area (Å²) in [4.78, 5) is 30.5. The number of halogens is 1. The molecule has 1 aliphatic heterocycles. The van der Waals surface area contributed by atoms with Crippen molar-refractivity contribution >= 4 is 29.1 Å². The molecule has 2 heterocycles. The Morgan fingerprint density at radius 2 is 2.04 bits per heavy atom. The number of benzene rings is 1. The molecule has 1 atom stereocenters. The summed E-state index contributed by atoms with van der Waals surface area (Å²) in [6.07, 6.45) is 0.218. The summed E-state index contributed by atoms with van der Waals surface area (Å²) in [5.41, 5.74) is 2.48. The van der Waals surface area contributed by atoms with Gasteiger partial charge in [-0.1, -0.05) is 17.7 Å². The van der Waals surface area contributed by atoms with Gasteiger partial charge in [0, 0.05) is 29.4 Å². The molecule has 2 aromatic rings. The molecule has 124 valence electrons. The molecule has 1 N–H and O–H groups in total. The van der Waals surface area contributed by atoms with E-state index >= 15 is 0 Å². The monoisotopic (exact) mass is 343 g/mol. The van der Waals surface area contributed by atoms with Crippen LogP contribution >= 0.6 is 11.6 Å². The molecular formula is C18H18ClN3O2. The number of anilines is 1. The Labute approximate surface area is 145 Å². The number of carbonyl (C=O) groups excluding carboxylic acids is 2. The van der Waals surface area contributed by atoms with Crippen LogP contribution in [0.2, 0.25) is 5.02 Å². The molecule has 0 bridgehead atoms. The van der Waals surface area contributed by atoms with Crippen LogP contribution in [0.4, 0.5) is 5.69 Å². The average molecular weight is 344 g/mol. The third-order valence-corrected chi connectivity index (χ3v) is 4.28. The lowest BCUT2D eigenvalue weighted by molar-refractivity contribution is -0.126. The number of hydrogen-bond donors (Lipinski definition) is 1. The zero-order chi connectivity index (χ0) is 17.1. The standard InChI is InChI=1S/C18H18ClN3O2/c1-12-3-2-4-15(21-12)10-20-18(24)13-9-17(23)22(11-13)16-7-5-14(19)6-8-16/h2-8,13H,9-11H2,1H3,(H,20,24). The largest absolute Gasteiger partial charge is 0.350 e. The van der Waals surface area contributed by atoms with Crippen LogP contribution in [0.15, 0.2) is 42.5 Å². The van der Waals surface area contributed by atoms with Gasteiger partial charge in [-0.2, -0.15) is 0 Å². The van der Waals surface area contributed by atoms with Crippen molar-refractivity contribution in [3.8, 4) is 0 Å². The first-order valence-electron chi connectivity index (χ1n) is 7.79. The fourth-order valence-electron chi connectivity index (χ4n) is 2.77. The first-order valence-corrected chi connectivity index (χ1v) is 8.17. The Kier molecular flexibility index (Phi) is 4.81. The highest BCUT2D eigenvalue weighted by Crippen LogP contribution is 2.26. The van der Waals surface area contributed by atoms with Crippen LogP contribution in [-0.4, -0.2) is 23.3 Å². The minimum absolute atomic E-state index is 0.0499. The molecule has 2 amide bonds. The van der Waals surface area contributed by atoms with E-state index in [1.807, 2.05) is 25.1 Å². The van der Waals surface area contributed by atoms with Crippen molar-refractivity contribution in [1.29, 1.82) is 0 Å². The van der Waals surface area contributed by atoms with Gasteiger partial charge in [0.05, 0.1) is 18.2 Å². The number of carbonyl (C=O) groups is 2. The van der Waals surface area contributed by atoms with Gasteiger partial charge >= 0.3 is 0 Å². The number of aromatic nitrogens is 1. The van der Waals surface area contributed by atoms with Gasteiger partial charge in [-0.15, -0.1) is 0 Å². The molecule has 0 saturated carbocycles. The predicted octanol–water partition coefficient (Wildman–Crippen LogP) is 2.71. The number of amides is 2. The number of hydrogen-bond acceptors (Lipinski definition) is 3. The molecule has 1 aromatic carbocycles.